The summed E-state index contributed by atoms with van der Waals surface area (Å²) < 4.78 is 15.5. The van der Waals surface area contributed by atoms with Gasteiger partial charge in [0, 0.05) is 19.2 Å². The lowest BCUT2D eigenvalue weighted by Gasteiger charge is -2.02. The second-order valence-corrected chi connectivity index (χ2v) is 5.16. The Morgan fingerprint density at radius 1 is 1.27 bits per heavy atom. The fraction of sp³-hybridized carbons (Fsp3) is 0.357. The van der Waals surface area contributed by atoms with Gasteiger partial charge in [0.1, 0.15) is 5.75 Å². The van der Waals surface area contributed by atoms with E-state index in [0.29, 0.717) is 24.3 Å². The smallest absolute Gasteiger partial charge is 0.277 e. The Bertz CT molecular complexity index is 600. The van der Waals surface area contributed by atoms with Crippen LogP contribution in [-0.4, -0.2) is 49.2 Å². The molecule has 1 heterocycles. The average Bonchev–Trinajstić information content (AvgIpc) is 3.02. The second kappa shape index (κ2) is 8.40. The van der Waals surface area contributed by atoms with Gasteiger partial charge in [0.05, 0.1) is 19.5 Å². The van der Waals surface area contributed by atoms with Gasteiger partial charge in [-0.2, -0.15) is 0 Å². The Balaban J connectivity index is 1.86. The molecule has 0 fully saturated rings. The molecule has 2 rings (SSSR count). The Morgan fingerprint density at radius 2 is 2.05 bits per heavy atom. The number of hydrogen-bond acceptors (Lipinski definition) is 7. The van der Waals surface area contributed by atoms with Crippen LogP contribution in [0.3, 0.4) is 0 Å². The summed E-state index contributed by atoms with van der Waals surface area (Å²) in [5, 5.41) is 11.0. The van der Waals surface area contributed by atoms with Crippen molar-refractivity contribution in [3.05, 3.63) is 24.3 Å². The van der Waals surface area contributed by atoms with Gasteiger partial charge < -0.3 is 19.2 Å². The zero-order valence-corrected chi connectivity index (χ0v) is 13.2. The first-order chi connectivity index (χ1) is 10.7. The van der Waals surface area contributed by atoms with E-state index in [9.17, 15) is 4.79 Å². The molecular weight excluding hydrogens is 306 g/mol. The first kappa shape index (κ1) is 16.3. The number of carbonyl (C=O) groups excluding carboxylic acids is 1. The molecule has 1 aromatic carbocycles. The van der Waals surface area contributed by atoms with E-state index in [1.165, 1.54) is 11.8 Å². The van der Waals surface area contributed by atoms with Gasteiger partial charge >= 0.3 is 0 Å². The van der Waals surface area contributed by atoms with Crippen molar-refractivity contribution in [3.63, 3.8) is 0 Å². The molecule has 0 unspecified atom stereocenters. The minimum Gasteiger partial charge on any atom is -0.497 e. The predicted molar refractivity (Wildman–Crippen MR) is 81.9 cm³/mol. The van der Waals surface area contributed by atoms with Crippen molar-refractivity contribution >= 4 is 17.7 Å². The van der Waals surface area contributed by atoms with Crippen LogP contribution >= 0.6 is 11.8 Å². The molecule has 7 nitrogen and oxygen atoms in total. The highest BCUT2D eigenvalue weighted by Crippen LogP contribution is 2.24. The molecule has 0 aliphatic carbocycles. The maximum Gasteiger partial charge on any atom is 0.277 e. The van der Waals surface area contributed by atoms with Crippen molar-refractivity contribution < 1.29 is 18.7 Å². The maximum atomic E-state index is 11.5. The molecule has 0 atom stereocenters. The molecular formula is C14H17N3O4S. The number of nitrogens with zero attached hydrogens (tertiary/aromatic N) is 2. The molecule has 0 aliphatic heterocycles. The van der Waals surface area contributed by atoms with Gasteiger partial charge in [-0.15, -0.1) is 10.2 Å². The molecule has 118 valence electrons. The summed E-state index contributed by atoms with van der Waals surface area (Å²) in [6, 6.07) is 7.29. The van der Waals surface area contributed by atoms with Crippen LogP contribution in [0.1, 0.15) is 0 Å². The number of rotatable bonds is 8. The third kappa shape index (κ3) is 4.74. The lowest BCUT2D eigenvalue weighted by molar-refractivity contribution is -0.118. The van der Waals surface area contributed by atoms with E-state index in [1.807, 2.05) is 24.3 Å². The largest absolute Gasteiger partial charge is 0.497 e. The van der Waals surface area contributed by atoms with Gasteiger partial charge in [-0.1, -0.05) is 11.8 Å². The lowest BCUT2D eigenvalue weighted by atomic mass is 10.2. The van der Waals surface area contributed by atoms with Crippen LogP contribution in [0, 0.1) is 0 Å². The van der Waals surface area contributed by atoms with Gasteiger partial charge in [-0.3, -0.25) is 4.79 Å². The maximum absolute atomic E-state index is 11.5. The van der Waals surface area contributed by atoms with Gasteiger partial charge in [-0.25, -0.2) is 0 Å². The molecule has 0 radical (unpaired) electrons. The van der Waals surface area contributed by atoms with Crippen molar-refractivity contribution in [2.45, 2.75) is 5.22 Å². The standard InChI is InChI=1S/C14H17N3O4S/c1-19-8-7-15-12(18)9-22-14-17-16-13(21-14)10-3-5-11(20-2)6-4-10/h3-6H,7-9H2,1-2H3,(H,15,18). The van der Waals surface area contributed by atoms with Crippen LogP contribution in [0.5, 0.6) is 5.75 Å². The molecule has 0 bridgehead atoms. The molecule has 0 aliphatic rings. The molecule has 0 saturated carbocycles. The molecule has 22 heavy (non-hydrogen) atoms. The first-order valence-corrected chi connectivity index (χ1v) is 7.58. The van der Waals surface area contributed by atoms with E-state index in [2.05, 4.69) is 15.5 Å². The van der Waals surface area contributed by atoms with Crippen molar-refractivity contribution in [3.8, 4) is 17.2 Å². The topological polar surface area (TPSA) is 86.5 Å². The van der Waals surface area contributed by atoms with Crippen LogP contribution in [0.2, 0.25) is 0 Å². The zero-order valence-electron chi connectivity index (χ0n) is 12.4. The third-order valence-electron chi connectivity index (χ3n) is 2.70. The van der Waals surface area contributed by atoms with Crippen LogP contribution in [-0.2, 0) is 9.53 Å². The number of aromatic nitrogens is 2. The highest BCUT2D eigenvalue weighted by Gasteiger charge is 2.11. The Morgan fingerprint density at radius 3 is 2.73 bits per heavy atom. The van der Waals surface area contributed by atoms with E-state index in [0.717, 1.165) is 11.3 Å². The summed E-state index contributed by atoms with van der Waals surface area (Å²) in [7, 11) is 3.19. The molecule has 1 amide bonds. The summed E-state index contributed by atoms with van der Waals surface area (Å²) in [6.07, 6.45) is 0. The van der Waals surface area contributed by atoms with E-state index >= 15 is 0 Å². The number of carbonyl (C=O) groups is 1. The summed E-state index contributed by atoms with van der Waals surface area (Å²) in [5.74, 6) is 1.27. The highest BCUT2D eigenvalue weighted by molar-refractivity contribution is 7.99. The Hall–Kier alpha value is -2.06. The van der Waals surface area contributed by atoms with Gasteiger partial charge in [0.25, 0.3) is 5.22 Å². The van der Waals surface area contributed by atoms with Gasteiger partial charge in [0.15, 0.2) is 0 Å². The highest BCUT2D eigenvalue weighted by atomic mass is 32.2. The summed E-state index contributed by atoms with van der Waals surface area (Å²) in [4.78, 5) is 11.5. The van der Waals surface area contributed by atoms with Crippen LogP contribution < -0.4 is 10.1 Å². The average molecular weight is 323 g/mol. The summed E-state index contributed by atoms with van der Waals surface area (Å²) in [5.41, 5.74) is 0.796. The van der Waals surface area contributed by atoms with Crippen molar-refractivity contribution in [1.29, 1.82) is 0 Å². The Kier molecular flexibility index (Phi) is 6.23. The number of nitrogens with one attached hydrogen (secondary N) is 1. The number of methoxy groups -OCH3 is 2. The van der Waals surface area contributed by atoms with Crippen molar-refractivity contribution in [2.75, 3.05) is 33.1 Å². The van der Waals surface area contributed by atoms with Gasteiger partial charge in [-0.05, 0) is 24.3 Å². The number of amides is 1. The quantitative estimate of drug-likeness (QED) is 0.583. The number of ether oxygens (including phenoxy) is 2. The summed E-state index contributed by atoms with van der Waals surface area (Å²) in [6.45, 7) is 0.968. The molecule has 1 N–H and O–H groups in total. The first-order valence-electron chi connectivity index (χ1n) is 6.59. The third-order valence-corrected chi connectivity index (χ3v) is 3.52. The lowest BCUT2D eigenvalue weighted by Crippen LogP contribution is -2.28. The van der Waals surface area contributed by atoms with E-state index in [-0.39, 0.29) is 11.7 Å². The fourth-order valence-corrected chi connectivity index (χ4v) is 2.18. The van der Waals surface area contributed by atoms with Crippen LogP contribution in [0.4, 0.5) is 0 Å². The molecule has 2 aromatic rings. The minimum atomic E-state index is -0.105. The van der Waals surface area contributed by atoms with E-state index < -0.39 is 0 Å². The van der Waals surface area contributed by atoms with Crippen LogP contribution in [0.25, 0.3) is 11.5 Å². The van der Waals surface area contributed by atoms with E-state index in [1.54, 1.807) is 14.2 Å². The number of thioether (sulfide) groups is 1. The van der Waals surface area contributed by atoms with E-state index in [4.69, 9.17) is 13.9 Å². The van der Waals surface area contributed by atoms with Crippen LogP contribution in [0.15, 0.2) is 33.9 Å². The number of benzene rings is 1. The molecule has 8 heteroatoms. The SMILES string of the molecule is COCCNC(=O)CSc1nnc(-c2ccc(OC)cc2)o1. The molecule has 1 aromatic heterocycles. The Labute approximate surface area is 132 Å². The zero-order chi connectivity index (χ0) is 15.8. The second-order valence-electron chi connectivity index (χ2n) is 4.23. The minimum absolute atomic E-state index is 0.105. The molecule has 0 spiro atoms. The van der Waals surface area contributed by atoms with Gasteiger partial charge in [0.2, 0.25) is 11.8 Å². The molecule has 0 saturated heterocycles. The summed E-state index contributed by atoms with van der Waals surface area (Å²) >= 11 is 1.19. The normalized spacial score (nSPS) is 10.5. The van der Waals surface area contributed by atoms with Crippen molar-refractivity contribution in [2.24, 2.45) is 0 Å². The predicted octanol–water partition coefficient (Wildman–Crippen LogP) is 1.60. The monoisotopic (exact) mass is 323 g/mol. The van der Waals surface area contributed by atoms with Crippen molar-refractivity contribution in [1.82, 2.24) is 15.5 Å². The number of hydrogen-bond donors (Lipinski definition) is 1. The fourth-order valence-electron chi connectivity index (χ4n) is 1.59.